The third-order valence-electron chi connectivity index (χ3n) is 2.66. The first-order valence-electron chi connectivity index (χ1n) is 5.54. The second kappa shape index (κ2) is 6.80. The zero-order chi connectivity index (χ0) is 10.2. The zero-order valence-electron chi connectivity index (χ0n) is 9.45. The highest BCUT2D eigenvalue weighted by molar-refractivity contribution is 4.86. The average molecular weight is 194 g/mol. The summed E-state index contributed by atoms with van der Waals surface area (Å²) in [6.45, 7) is 11.3. The van der Waals surface area contributed by atoms with Gasteiger partial charge in [-0.15, -0.1) is 0 Å². The molecule has 0 atom stereocenters. The van der Waals surface area contributed by atoms with E-state index in [9.17, 15) is 0 Å². The Morgan fingerprint density at radius 3 is 1.43 bits per heavy atom. The predicted octanol–water partition coefficient (Wildman–Crippen LogP) is 1.76. The minimum absolute atomic E-state index is 1.12. The molecule has 80 valence electrons. The maximum absolute atomic E-state index is 2.51. The van der Waals surface area contributed by atoms with Gasteiger partial charge in [0, 0.05) is 39.3 Å². The molecule has 0 radical (unpaired) electrons. The molecule has 1 saturated heterocycles. The number of hydrogen-bond donors (Lipinski definition) is 0. The molecule has 1 aliphatic rings. The van der Waals surface area contributed by atoms with Gasteiger partial charge in [0.1, 0.15) is 0 Å². The molecule has 0 aliphatic carbocycles. The first-order valence-corrected chi connectivity index (χ1v) is 5.54. The van der Waals surface area contributed by atoms with Crippen molar-refractivity contribution in [3.63, 3.8) is 0 Å². The number of rotatable bonds is 4. The second-order valence-corrected chi connectivity index (χ2v) is 3.74. The van der Waals surface area contributed by atoms with Gasteiger partial charge in [0.05, 0.1) is 0 Å². The number of nitrogens with zero attached hydrogens (tertiary/aromatic N) is 2. The van der Waals surface area contributed by atoms with Crippen LogP contribution in [0.4, 0.5) is 0 Å². The lowest BCUT2D eigenvalue weighted by molar-refractivity contribution is 0.153. The summed E-state index contributed by atoms with van der Waals surface area (Å²) in [6.07, 6.45) is 8.74. The van der Waals surface area contributed by atoms with Crippen molar-refractivity contribution in [2.75, 3.05) is 39.3 Å². The van der Waals surface area contributed by atoms with E-state index in [1.54, 1.807) is 0 Å². The fourth-order valence-electron chi connectivity index (χ4n) is 1.66. The number of hydrogen-bond acceptors (Lipinski definition) is 2. The van der Waals surface area contributed by atoms with Crippen molar-refractivity contribution in [1.29, 1.82) is 0 Å². The Bertz CT molecular complexity index is 166. The van der Waals surface area contributed by atoms with Gasteiger partial charge in [-0.3, -0.25) is 9.80 Å². The summed E-state index contributed by atoms with van der Waals surface area (Å²) in [5.41, 5.74) is 0. The highest BCUT2D eigenvalue weighted by Gasteiger charge is 2.13. The number of allylic oxidation sites excluding steroid dienone is 2. The third-order valence-corrected chi connectivity index (χ3v) is 2.66. The molecule has 1 heterocycles. The van der Waals surface area contributed by atoms with Crippen molar-refractivity contribution in [2.24, 2.45) is 0 Å². The molecule has 0 unspecified atom stereocenters. The van der Waals surface area contributed by atoms with Crippen LogP contribution in [-0.2, 0) is 0 Å². The molecule has 1 aliphatic heterocycles. The summed E-state index contributed by atoms with van der Waals surface area (Å²) >= 11 is 0. The van der Waals surface area contributed by atoms with Crippen molar-refractivity contribution in [3.05, 3.63) is 24.3 Å². The van der Waals surface area contributed by atoms with Crippen LogP contribution in [0, 0.1) is 0 Å². The monoisotopic (exact) mass is 194 g/mol. The Morgan fingerprint density at radius 2 is 1.14 bits per heavy atom. The molecule has 1 rings (SSSR count). The van der Waals surface area contributed by atoms with Gasteiger partial charge in [0.15, 0.2) is 0 Å². The first-order chi connectivity index (χ1) is 6.86. The highest BCUT2D eigenvalue weighted by atomic mass is 15.3. The van der Waals surface area contributed by atoms with Gasteiger partial charge in [-0.25, -0.2) is 0 Å². The molecule has 0 aromatic heterocycles. The van der Waals surface area contributed by atoms with E-state index in [0.717, 1.165) is 13.1 Å². The van der Waals surface area contributed by atoms with Crippen molar-refractivity contribution in [3.8, 4) is 0 Å². The van der Waals surface area contributed by atoms with Crippen LogP contribution in [0.3, 0.4) is 0 Å². The second-order valence-electron chi connectivity index (χ2n) is 3.74. The average Bonchev–Trinajstić information content (AvgIpc) is 2.25. The van der Waals surface area contributed by atoms with Crippen LogP contribution in [0.15, 0.2) is 24.3 Å². The number of piperazine rings is 1. The van der Waals surface area contributed by atoms with Crippen LogP contribution >= 0.6 is 0 Å². The molecule has 0 aromatic carbocycles. The maximum Gasteiger partial charge on any atom is 0.0164 e. The van der Waals surface area contributed by atoms with E-state index >= 15 is 0 Å². The molecule has 14 heavy (non-hydrogen) atoms. The molecule has 0 spiro atoms. The SMILES string of the molecule is C/C=C/CN1CCN(C/C=C/C)CC1. The van der Waals surface area contributed by atoms with Crippen molar-refractivity contribution in [1.82, 2.24) is 9.80 Å². The summed E-state index contributed by atoms with van der Waals surface area (Å²) in [6, 6.07) is 0. The summed E-state index contributed by atoms with van der Waals surface area (Å²) in [7, 11) is 0. The molecule has 0 bridgehead atoms. The van der Waals surface area contributed by atoms with E-state index in [1.165, 1.54) is 26.2 Å². The van der Waals surface area contributed by atoms with E-state index in [2.05, 4.69) is 48.0 Å². The highest BCUT2D eigenvalue weighted by Crippen LogP contribution is 2.01. The third kappa shape index (κ3) is 4.07. The standard InChI is InChI=1S/C12H22N2/c1-3-5-7-13-9-11-14(12-10-13)8-6-4-2/h3-6H,7-12H2,1-2H3/b5-3+,6-4+. The van der Waals surface area contributed by atoms with Crippen molar-refractivity contribution in [2.45, 2.75) is 13.8 Å². The van der Waals surface area contributed by atoms with Gasteiger partial charge in [-0.2, -0.15) is 0 Å². The molecule has 0 aromatic rings. The van der Waals surface area contributed by atoms with E-state index in [0.29, 0.717) is 0 Å². The fourth-order valence-corrected chi connectivity index (χ4v) is 1.66. The zero-order valence-corrected chi connectivity index (χ0v) is 9.45. The van der Waals surface area contributed by atoms with Crippen LogP contribution < -0.4 is 0 Å². The summed E-state index contributed by atoms with van der Waals surface area (Å²) < 4.78 is 0. The lowest BCUT2D eigenvalue weighted by Gasteiger charge is -2.33. The first kappa shape index (κ1) is 11.5. The summed E-state index contributed by atoms with van der Waals surface area (Å²) in [4.78, 5) is 5.01. The van der Waals surface area contributed by atoms with Gasteiger partial charge >= 0.3 is 0 Å². The maximum atomic E-state index is 2.51. The quantitative estimate of drug-likeness (QED) is 0.629. The van der Waals surface area contributed by atoms with Gasteiger partial charge in [0.25, 0.3) is 0 Å². The molecule has 0 amide bonds. The molecule has 2 heteroatoms. The Morgan fingerprint density at radius 1 is 0.786 bits per heavy atom. The Kier molecular flexibility index (Phi) is 5.57. The Hall–Kier alpha value is -0.600. The van der Waals surface area contributed by atoms with Crippen molar-refractivity contribution >= 4 is 0 Å². The van der Waals surface area contributed by atoms with Crippen LogP contribution in [-0.4, -0.2) is 49.1 Å². The molecular formula is C12H22N2. The lowest BCUT2D eigenvalue weighted by Crippen LogP contribution is -2.46. The van der Waals surface area contributed by atoms with Gasteiger partial charge in [0.2, 0.25) is 0 Å². The van der Waals surface area contributed by atoms with Crippen LogP contribution in [0.2, 0.25) is 0 Å². The normalized spacial score (nSPS) is 21.3. The van der Waals surface area contributed by atoms with E-state index < -0.39 is 0 Å². The van der Waals surface area contributed by atoms with E-state index in [-0.39, 0.29) is 0 Å². The molecule has 2 nitrogen and oxygen atoms in total. The molecule has 0 N–H and O–H groups in total. The minimum atomic E-state index is 1.12. The van der Waals surface area contributed by atoms with E-state index in [1.807, 2.05) is 0 Å². The van der Waals surface area contributed by atoms with E-state index in [4.69, 9.17) is 0 Å². The summed E-state index contributed by atoms with van der Waals surface area (Å²) in [5.74, 6) is 0. The Labute approximate surface area is 87.9 Å². The predicted molar refractivity (Wildman–Crippen MR) is 62.5 cm³/mol. The molecular weight excluding hydrogens is 172 g/mol. The van der Waals surface area contributed by atoms with Gasteiger partial charge < -0.3 is 0 Å². The minimum Gasteiger partial charge on any atom is -0.297 e. The van der Waals surface area contributed by atoms with Gasteiger partial charge in [-0.1, -0.05) is 24.3 Å². The van der Waals surface area contributed by atoms with Crippen LogP contribution in [0.1, 0.15) is 13.8 Å². The van der Waals surface area contributed by atoms with Crippen LogP contribution in [0.25, 0.3) is 0 Å². The van der Waals surface area contributed by atoms with Gasteiger partial charge in [-0.05, 0) is 13.8 Å². The van der Waals surface area contributed by atoms with Crippen molar-refractivity contribution < 1.29 is 0 Å². The molecule has 0 saturated carbocycles. The summed E-state index contributed by atoms with van der Waals surface area (Å²) in [5, 5.41) is 0. The largest absolute Gasteiger partial charge is 0.297 e. The topological polar surface area (TPSA) is 6.48 Å². The molecule has 1 fully saturated rings. The fraction of sp³-hybridized carbons (Fsp3) is 0.667. The Balaban J connectivity index is 2.17. The lowest BCUT2D eigenvalue weighted by atomic mass is 10.3. The smallest absolute Gasteiger partial charge is 0.0164 e. The van der Waals surface area contributed by atoms with Crippen LogP contribution in [0.5, 0.6) is 0 Å².